The number of rotatable bonds is 4. The maximum absolute atomic E-state index is 13.1. The molecule has 0 spiro atoms. The average Bonchev–Trinajstić information content (AvgIpc) is 2.47. The number of amides is 1. The third kappa shape index (κ3) is 4.01. The zero-order valence-corrected chi connectivity index (χ0v) is 11.5. The predicted octanol–water partition coefficient (Wildman–Crippen LogP) is 1.57. The van der Waals surface area contributed by atoms with E-state index in [2.05, 4.69) is 0 Å². The molecule has 1 fully saturated rings. The first kappa shape index (κ1) is 15.4. The molecule has 21 heavy (non-hydrogen) atoms. The Morgan fingerprint density at radius 2 is 2.00 bits per heavy atom. The van der Waals surface area contributed by atoms with Crippen LogP contribution < -0.4 is 0 Å². The molecule has 1 aliphatic rings. The third-order valence-corrected chi connectivity index (χ3v) is 3.80. The monoisotopic (exact) mass is 295 g/mol. The van der Waals surface area contributed by atoms with Gasteiger partial charge in [0, 0.05) is 13.1 Å². The second-order valence-electron chi connectivity index (χ2n) is 5.27. The quantitative estimate of drug-likeness (QED) is 0.884. The summed E-state index contributed by atoms with van der Waals surface area (Å²) >= 11 is 0. The van der Waals surface area contributed by atoms with Crippen molar-refractivity contribution in [3.63, 3.8) is 0 Å². The van der Waals surface area contributed by atoms with Crippen LogP contribution in [-0.2, 0) is 9.59 Å². The highest BCUT2D eigenvalue weighted by Gasteiger charge is 2.27. The van der Waals surface area contributed by atoms with E-state index in [-0.39, 0.29) is 12.3 Å². The minimum absolute atomic E-state index is 0.124. The molecule has 1 aromatic rings. The van der Waals surface area contributed by atoms with Crippen LogP contribution in [0.4, 0.5) is 4.39 Å². The van der Waals surface area contributed by atoms with Gasteiger partial charge < -0.3 is 15.1 Å². The van der Waals surface area contributed by atoms with E-state index in [1.807, 2.05) is 0 Å². The smallest absolute Gasteiger partial charge is 0.306 e. The largest absolute Gasteiger partial charge is 0.481 e. The molecule has 1 atom stereocenters. The first-order valence-corrected chi connectivity index (χ1v) is 6.91. The van der Waals surface area contributed by atoms with Crippen LogP contribution in [0.15, 0.2) is 24.3 Å². The Labute approximate surface area is 122 Å². The van der Waals surface area contributed by atoms with Crippen molar-refractivity contribution in [2.75, 3.05) is 13.1 Å². The van der Waals surface area contributed by atoms with Crippen LogP contribution >= 0.6 is 0 Å². The number of benzene rings is 1. The van der Waals surface area contributed by atoms with Crippen molar-refractivity contribution in [2.45, 2.75) is 25.4 Å². The number of carbonyl (C=O) groups excluding carboxylic acids is 1. The summed E-state index contributed by atoms with van der Waals surface area (Å²) in [5.41, 5.74) is 0.365. The number of carbonyl (C=O) groups is 2. The van der Waals surface area contributed by atoms with E-state index in [0.717, 1.165) is 0 Å². The highest BCUT2D eigenvalue weighted by Crippen LogP contribution is 2.22. The minimum Gasteiger partial charge on any atom is -0.481 e. The van der Waals surface area contributed by atoms with Gasteiger partial charge in [-0.3, -0.25) is 9.59 Å². The number of aliphatic hydroxyl groups excluding tert-OH is 1. The van der Waals surface area contributed by atoms with Gasteiger partial charge in [-0.25, -0.2) is 4.39 Å². The molecule has 1 heterocycles. The number of nitrogens with zero attached hydrogens (tertiary/aromatic N) is 1. The summed E-state index contributed by atoms with van der Waals surface area (Å²) in [6.45, 7) is 0.761. The van der Waals surface area contributed by atoms with Gasteiger partial charge in [-0.1, -0.05) is 12.1 Å². The fourth-order valence-corrected chi connectivity index (χ4v) is 2.50. The first-order chi connectivity index (χ1) is 9.97. The van der Waals surface area contributed by atoms with E-state index in [1.54, 1.807) is 11.0 Å². The van der Waals surface area contributed by atoms with Crippen molar-refractivity contribution in [3.05, 3.63) is 35.6 Å². The Hall–Kier alpha value is -1.95. The second kappa shape index (κ2) is 6.67. The number of likely N-dealkylation sites (tertiary alicyclic amines) is 1. The van der Waals surface area contributed by atoms with Crippen LogP contribution in [0.3, 0.4) is 0 Å². The third-order valence-electron chi connectivity index (χ3n) is 3.80. The number of carboxylic acids is 1. The van der Waals surface area contributed by atoms with Crippen molar-refractivity contribution in [1.82, 2.24) is 4.90 Å². The molecule has 114 valence electrons. The van der Waals surface area contributed by atoms with E-state index >= 15 is 0 Å². The molecule has 0 aliphatic carbocycles. The van der Waals surface area contributed by atoms with Crippen LogP contribution in [0.5, 0.6) is 0 Å². The van der Waals surface area contributed by atoms with Crippen LogP contribution in [0.2, 0.25) is 0 Å². The second-order valence-corrected chi connectivity index (χ2v) is 5.27. The van der Waals surface area contributed by atoms with E-state index in [0.29, 0.717) is 31.5 Å². The van der Waals surface area contributed by atoms with Gasteiger partial charge in [0.1, 0.15) is 5.82 Å². The Bertz CT molecular complexity index is 526. The topological polar surface area (TPSA) is 77.8 Å². The lowest BCUT2D eigenvalue weighted by Crippen LogP contribution is -2.40. The Morgan fingerprint density at radius 1 is 1.33 bits per heavy atom. The lowest BCUT2D eigenvalue weighted by atomic mass is 9.96. The molecule has 0 radical (unpaired) electrons. The number of carboxylic acid groups (broad SMARTS) is 1. The van der Waals surface area contributed by atoms with Crippen molar-refractivity contribution in [1.29, 1.82) is 0 Å². The maximum Gasteiger partial charge on any atom is 0.306 e. The lowest BCUT2D eigenvalue weighted by Gasteiger charge is -2.30. The molecule has 1 amide bonds. The molecule has 5 nitrogen and oxygen atoms in total. The van der Waals surface area contributed by atoms with Crippen molar-refractivity contribution >= 4 is 11.9 Å². The number of aliphatic hydroxyl groups is 1. The Morgan fingerprint density at radius 3 is 2.57 bits per heavy atom. The predicted molar refractivity (Wildman–Crippen MR) is 72.9 cm³/mol. The summed E-state index contributed by atoms with van der Waals surface area (Å²) in [5, 5.41) is 18.9. The number of hydrogen-bond acceptors (Lipinski definition) is 3. The summed E-state index contributed by atoms with van der Waals surface area (Å²) in [4.78, 5) is 24.5. The molecule has 0 aromatic heterocycles. The maximum atomic E-state index is 13.1. The van der Waals surface area contributed by atoms with Gasteiger partial charge >= 0.3 is 5.97 Å². The van der Waals surface area contributed by atoms with E-state index < -0.39 is 23.8 Å². The van der Waals surface area contributed by atoms with Crippen LogP contribution in [0.25, 0.3) is 0 Å². The molecule has 1 aromatic carbocycles. The Kier molecular flexibility index (Phi) is 4.90. The molecule has 0 bridgehead atoms. The molecule has 0 saturated carbocycles. The fourth-order valence-electron chi connectivity index (χ4n) is 2.50. The molecule has 6 heteroatoms. The molecule has 2 N–H and O–H groups in total. The normalized spacial score (nSPS) is 17.5. The molecular weight excluding hydrogens is 277 g/mol. The van der Waals surface area contributed by atoms with Crippen LogP contribution in [0.1, 0.15) is 30.9 Å². The van der Waals surface area contributed by atoms with Gasteiger partial charge in [0.05, 0.1) is 18.4 Å². The van der Waals surface area contributed by atoms with Crippen molar-refractivity contribution in [3.8, 4) is 0 Å². The minimum atomic E-state index is -1.05. The van der Waals surface area contributed by atoms with Gasteiger partial charge in [0.25, 0.3) is 0 Å². The standard InChI is InChI=1S/C15H18FNO4/c16-12-3-1-2-11(8-12)13(18)9-14(19)17-6-4-10(5-7-17)15(20)21/h1-3,8,10,13,18H,4-7,9H2,(H,20,21)/t13-/m0/s1. The molecule has 0 unspecified atom stereocenters. The van der Waals surface area contributed by atoms with Crippen LogP contribution in [0, 0.1) is 11.7 Å². The van der Waals surface area contributed by atoms with Gasteiger partial charge in [0.2, 0.25) is 5.91 Å². The van der Waals surface area contributed by atoms with E-state index in [4.69, 9.17) is 5.11 Å². The zero-order valence-electron chi connectivity index (χ0n) is 11.5. The highest BCUT2D eigenvalue weighted by molar-refractivity contribution is 5.77. The van der Waals surface area contributed by atoms with Crippen molar-refractivity contribution in [2.24, 2.45) is 5.92 Å². The number of aliphatic carboxylic acids is 1. The Balaban J connectivity index is 1.89. The summed E-state index contributed by atoms with van der Waals surface area (Å²) in [6, 6.07) is 5.53. The SMILES string of the molecule is O=C(O)C1CCN(C(=O)C[C@H](O)c2cccc(F)c2)CC1. The molecule has 1 aliphatic heterocycles. The molecule has 2 rings (SSSR count). The summed E-state index contributed by atoms with van der Waals surface area (Å²) in [6.07, 6.45) is -0.319. The summed E-state index contributed by atoms with van der Waals surface area (Å²) in [7, 11) is 0. The van der Waals surface area contributed by atoms with E-state index in [1.165, 1.54) is 18.2 Å². The van der Waals surface area contributed by atoms with Crippen LogP contribution in [-0.4, -0.2) is 40.1 Å². The van der Waals surface area contributed by atoms with E-state index in [9.17, 15) is 19.1 Å². The average molecular weight is 295 g/mol. The van der Waals surface area contributed by atoms with Gasteiger partial charge in [-0.05, 0) is 30.5 Å². The molecular formula is C15H18FNO4. The first-order valence-electron chi connectivity index (χ1n) is 6.91. The molecule has 1 saturated heterocycles. The number of hydrogen-bond donors (Lipinski definition) is 2. The lowest BCUT2D eigenvalue weighted by molar-refractivity contribution is -0.146. The van der Waals surface area contributed by atoms with Gasteiger partial charge in [-0.2, -0.15) is 0 Å². The summed E-state index contributed by atoms with van der Waals surface area (Å²) in [5.74, 6) is -1.93. The number of halogens is 1. The highest BCUT2D eigenvalue weighted by atomic mass is 19.1. The summed E-state index contributed by atoms with van der Waals surface area (Å²) < 4.78 is 13.1. The fraction of sp³-hybridized carbons (Fsp3) is 0.467. The number of piperidine rings is 1. The van der Waals surface area contributed by atoms with Gasteiger partial charge in [0.15, 0.2) is 0 Å². The zero-order chi connectivity index (χ0) is 15.4. The van der Waals surface area contributed by atoms with Gasteiger partial charge in [-0.15, -0.1) is 0 Å². The van der Waals surface area contributed by atoms with Crippen molar-refractivity contribution < 1.29 is 24.2 Å².